The Bertz CT molecular complexity index is 1190. The van der Waals surface area contributed by atoms with Crippen LogP contribution in [0.4, 0.5) is 5.69 Å². The number of carbonyl (C=O) groups is 2. The van der Waals surface area contributed by atoms with E-state index in [2.05, 4.69) is 21.2 Å². The third-order valence-electron chi connectivity index (χ3n) is 8.33. The smallest absolute Gasteiger partial charge is 0.296 e. The first-order valence-electron chi connectivity index (χ1n) is 11.7. The van der Waals surface area contributed by atoms with Crippen molar-refractivity contribution >= 4 is 23.2 Å². The van der Waals surface area contributed by atoms with Gasteiger partial charge in [-0.05, 0) is 63.0 Å². The summed E-state index contributed by atoms with van der Waals surface area (Å²) in [4.78, 5) is 39.2. The van der Waals surface area contributed by atoms with Crippen molar-refractivity contribution < 1.29 is 9.59 Å². The monoisotopic (exact) mass is 448 g/mol. The number of benzene rings is 1. The van der Waals surface area contributed by atoms with Gasteiger partial charge in [-0.15, -0.1) is 0 Å². The first kappa shape index (κ1) is 20.3. The van der Waals surface area contributed by atoms with Crippen LogP contribution in [0, 0.1) is 30.6 Å². The highest BCUT2D eigenvalue weighted by Crippen LogP contribution is 2.57. The number of nitrogens with one attached hydrogen (secondary N) is 3. The summed E-state index contributed by atoms with van der Waals surface area (Å²) in [5.41, 5.74) is 3.09. The third-order valence-corrected chi connectivity index (χ3v) is 8.33. The lowest BCUT2D eigenvalue weighted by molar-refractivity contribution is -0.142. The van der Waals surface area contributed by atoms with Crippen LogP contribution in [0.5, 0.6) is 0 Å². The van der Waals surface area contributed by atoms with E-state index in [0.717, 1.165) is 37.5 Å². The predicted molar refractivity (Wildman–Crippen MR) is 123 cm³/mol. The number of hydrogen-bond acceptors (Lipinski definition) is 5. The average molecular weight is 449 g/mol. The summed E-state index contributed by atoms with van der Waals surface area (Å²) >= 11 is 0. The minimum Gasteiger partial charge on any atom is -0.327 e. The Morgan fingerprint density at radius 3 is 2.09 bits per heavy atom. The Balaban J connectivity index is 1.27. The molecule has 7 rings (SSSR count). The molecule has 5 fully saturated rings. The number of hydrogen-bond donors (Lipinski definition) is 3. The second kappa shape index (κ2) is 7.07. The topological polar surface area (TPSA) is 110 Å². The molecule has 33 heavy (non-hydrogen) atoms. The minimum absolute atomic E-state index is 0.226. The van der Waals surface area contributed by atoms with Crippen LogP contribution in [0.3, 0.4) is 0 Å². The van der Waals surface area contributed by atoms with Crippen LogP contribution < -0.4 is 21.6 Å². The summed E-state index contributed by atoms with van der Waals surface area (Å²) in [5.74, 6) is 1.05. The fraction of sp³-hybridized carbons (Fsp3) is 0.500. The molecule has 1 spiro atoms. The van der Waals surface area contributed by atoms with Gasteiger partial charge in [-0.3, -0.25) is 24.5 Å². The summed E-state index contributed by atoms with van der Waals surface area (Å²) in [6.07, 6.45) is 5.51. The van der Waals surface area contributed by atoms with Crippen LogP contribution in [0.2, 0.25) is 0 Å². The number of nitrogens with zero attached hydrogens (tertiary/aromatic N) is 3. The molecule has 0 atom stereocenters. The quantitative estimate of drug-likeness (QED) is 0.620. The van der Waals surface area contributed by atoms with Gasteiger partial charge in [-0.2, -0.15) is 5.10 Å². The van der Waals surface area contributed by atoms with E-state index in [1.54, 1.807) is 18.7 Å². The maximum Gasteiger partial charge on any atom is 0.296 e. The fourth-order valence-electron chi connectivity index (χ4n) is 6.87. The van der Waals surface area contributed by atoms with Crippen LogP contribution in [-0.2, 0) is 16.6 Å². The fourth-order valence-corrected chi connectivity index (χ4v) is 6.87. The van der Waals surface area contributed by atoms with Crippen molar-refractivity contribution in [1.82, 2.24) is 20.0 Å². The first-order chi connectivity index (χ1) is 15.9. The number of hydrazone groups is 1. The molecule has 0 radical (unpaired) electrons. The zero-order valence-corrected chi connectivity index (χ0v) is 18.8. The summed E-state index contributed by atoms with van der Waals surface area (Å²) in [5, 5.41) is 10.4. The van der Waals surface area contributed by atoms with Gasteiger partial charge in [0.1, 0.15) is 11.4 Å². The van der Waals surface area contributed by atoms with Crippen LogP contribution in [-0.4, -0.2) is 32.6 Å². The first-order valence-corrected chi connectivity index (χ1v) is 11.7. The van der Waals surface area contributed by atoms with E-state index in [9.17, 15) is 14.4 Å². The van der Waals surface area contributed by atoms with Crippen molar-refractivity contribution in [2.24, 2.45) is 35.8 Å². The molecule has 1 aliphatic heterocycles. The third kappa shape index (κ3) is 2.91. The molecule has 2 heterocycles. The zero-order chi connectivity index (χ0) is 22.9. The maximum absolute atomic E-state index is 13.1. The van der Waals surface area contributed by atoms with Gasteiger partial charge in [0, 0.05) is 18.9 Å². The van der Waals surface area contributed by atoms with E-state index >= 15 is 0 Å². The molecule has 1 aromatic heterocycles. The molecule has 2 amide bonds. The Morgan fingerprint density at radius 1 is 0.939 bits per heavy atom. The van der Waals surface area contributed by atoms with Crippen molar-refractivity contribution in [3.05, 3.63) is 46.4 Å². The molecular weight excluding hydrogens is 420 g/mol. The van der Waals surface area contributed by atoms with Crippen molar-refractivity contribution in [2.45, 2.75) is 44.7 Å². The summed E-state index contributed by atoms with van der Waals surface area (Å²) in [6, 6.07) is 9.26. The van der Waals surface area contributed by atoms with Crippen molar-refractivity contribution in [1.29, 1.82) is 0 Å². The van der Waals surface area contributed by atoms with E-state index in [4.69, 9.17) is 0 Å². The molecule has 1 saturated heterocycles. The number of amides is 2. The molecule has 5 aliphatic rings. The molecular formula is C24H28N6O3. The highest BCUT2D eigenvalue weighted by molar-refractivity contribution is 6.66. The van der Waals surface area contributed by atoms with E-state index in [-0.39, 0.29) is 28.8 Å². The lowest BCUT2D eigenvalue weighted by Gasteiger charge is -2.61. The molecule has 3 N–H and O–H groups in total. The number of anilines is 1. The average Bonchev–Trinajstić information content (AvgIpc) is 3.00. The van der Waals surface area contributed by atoms with Crippen LogP contribution in [0.1, 0.15) is 37.8 Å². The van der Waals surface area contributed by atoms with Crippen molar-refractivity contribution in [3.8, 4) is 5.69 Å². The van der Waals surface area contributed by atoms with E-state index < -0.39 is 17.5 Å². The maximum atomic E-state index is 13.1. The lowest BCUT2D eigenvalue weighted by atomic mass is 9.51. The van der Waals surface area contributed by atoms with Crippen LogP contribution in [0.25, 0.3) is 5.69 Å². The van der Waals surface area contributed by atoms with Crippen molar-refractivity contribution in [2.75, 3.05) is 5.43 Å². The van der Waals surface area contributed by atoms with E-state index in [0.29, 0.717) is 11.4 Å². The van der Waals surface area contributed by atoms with Gasteiger partial charge in [-0.1, -0.05) is 18.2 Å². The van der Waals surface area contributed by atoms with Crippen LogP contribution in [0.15, 0.2) is 40.2 Å². The molecule has 0 unspecified atom stereocenters. The molecule has 4 aliphatic carbocycles. The summed E-state index contributed by atoms with van der Waals surface area (Å²) < 4.78 is 3.23. The molecule has 1 aromatic carbocycles. The van der Waals surface area contributed by atoms with Gasteiger partial charge in [0.15, 0.2) is 0 Å². The Morgan fingerprint density at radius 2 is 1.52 bits per heavy atom. The highest BCUT2D eigenvalue weighted by atomic mass is 16.2. The highest BCUT2D eigenvalue weighted by Gasteiger charge is 2.60. The largest absolute Gasteiger partial charge is 0.327 e. The van der Waals surface area contributed by atoms with Crippen LogP contribution >= 0.6 is 0 Å². The van der Waals surface area contributed by atoms with E-state index in [1.807, 2.05) is 30.3 Å². The normalized spacial score (nSPS) is 32.1. The second-order valence-electron chi connectivity index (χ2n) is 10.1. The molecule has 9 nitrogen and oxygen atoms in total. The molecule has 2 aromatic rings. The Labute approximate surface area is 191 Å². The second-order valence-corrected chi connectivity index (χ2v) is 10.1. The number of para-hydroxylation sites is 1. The van der Waals surface area contributed by atoms with Gasteiger partial charge < -0.3 is 10.6 Å². The molecule has 9 heteroatoms. The number of rotatable bonds is 3. The van der Waals surface area contributed by atoms with Gasteiger partial charge in [0.2, 0.25) is 5.71 Å². The molecule has 4 bridgehead atoms. The standard InChI is InChI=1S/C24H28N6O3/c1-13-19(23(33)30(29(13)2)18-6-4-3-5-7-18)27-28-20-21(31)25-24(26-22(20)32)16-9-14-8-15(11-16)12-17(24)10-14/h3-7,14-17,27H,8-12H2,1-2H3,(H,25,31)(H,26,32). The van der Waals surface area contributed by atoms with Gasteiger partial charge in [-0.25, -0.2) is 4.68 Å². The molecule has 4 saturated carbocycles. The lowest BCUT2D eigenvalue weighted by Crippen LogP contribution is -2.78. The van der Waals surface area contributed by atoms with E-state index in [1.165, 1.54) is 11.1 Å². The van der Waals surface area contributed by atoms with Crippen molar-refractivity contribution in [3.63, 3.8) is 0 Å². The SMILES string of the molecule is Cc1c(NN=C2C(=O)NC3(NC2=O)C2CC4CC(C2)CC3C4)c(=O)n(-c2ccccc2)n1C. The minimum atomic E-state index is -0.650. The zero-order valence-electron chi connectivity index (χ0n) is 18.8. The molecule has 172 valence electrons. The Hall–Kier alpha value is -3.36. The summed E-state index contributed by atoms with van der Waals surface area (Å²) in [7, 11) is 1.78. The number of carbonyl (C=O) groups excluding carboxylic acids is 2. The summed E-state index contributed by atoms with van der Waals surface area (Å²) in [6.45, 7) is 1.79. The van der Waals surface area contributed by atoms with Gasteiger partial charge >= 0.3 is 0 Å². The Kier molecular flexibility index (Phi) is 4.34. The van der Waals surface area contributed by atoms with Gasteiger partial charge in [0.05, 0.1) is 11.4 Å². The van der Waals surface area contributed by atoms with Gasteiger partial charge in [0.25, 0.3) is 17.4 Å². The number of aromatic nitrogens is 2. The predicted octanol–water partition coefficient (Wildman–Crippen LogP) is 1.65.